The summed E-state index contributed by atoms with van der Waals surface area (Å²) in [4.78, 5) is 10.4. The minimum atomic E-state index is -0.832. The first kappa shape index (κ1) is 11.2. The lowest BCUT2D eigenvalue weighted by molar-refractivity contribution is -0.135. The highest BCUT2D eigenvalue weighted by Crippen LogP contribution is 2.24. The third-order valence-corrected chi connectivity index (χ3v) is 2.58. The lowest BCUT2D eigenvalue weighted by Gasteiger charge is -2.04. The number of nitrogen functional groups attached to an aromatic ring is 1. The van der Waals surface area contributed by atoms with E-state index in [1.165, 1.54) is 0 Å². The van der Waals surface area contributed by atoms with Gasteiger partial charge in [-0.05, 0) is 17.0 Å². The number of carbonyl (C=O) groups is 1. The van der Waals surface area contributed by atoms with Crippen LogP contribution in [0.4, 0.5) is 5.69 Å². The molecule has 3 nitrogen and oxygen atoms in total. The van der Waals surface area contributed by atoms with Gasteiger partial charge in [-0.1, -0.05) is 42.5 Å². The largest absolute Gasteiger partial charge is 0.481 e. The van der Waals surface area contributed by atoms with Crippen molar-refractivity contribution in [1.29, 1.82) is 0 Å². The Hall–Kier alpha value is -2.29. The normalized spacial score (nSPS) is 11.1. The maximum atomic E-state index is 10.4. The number of anilines is 1. The van der Waals surface area contributed by atoms with Gasteiger partial charge in [-0.25, -0.2) is 0 Å². The predicted molar refractivity (Wildman–Crippen MR) is 69.6 cm³/mol. The fraction of sp³-hybridized carbons (Fsp3) is 0.0714. The van der Waals surface area contributed by atoms with Crippen LogP contribution in [-0.2, 0) is 4.79 Å². The van der Waals surface area contributed by atoms with Gasteiger partial charge in [-0.3, -0.25) is 4.79 Å². The van der Waals surface area contributed by atoms with Crippen molar-refractivity contribution in [2.24, 2.45) is 0 Å². The molecule has 3 heteroatoms. The van der Waals surface area contributed by atoms with E-state index in [1.54, 1.807) is 6.08 Å². The van der Waals surface area contributed by atoms with E-state index in [0.717, 1.165) is 22.0 Å². The SMILES string of the molecule is Nc1cccc2c(C=CCC(=O)O)cccc12. The molecule has 0 bridgehead atoms. The van der Waals surface area contributed by atoms with Crippen LogP contribution in [0.25, 0.3) is 16.8 Å². The molecule has 2 aromatic rings. The number of fused-ring (bicyclic) bond motifs is 1. The van der Waals surface area contributed by atoms with Crippen LogP contribution in [0.5, 0.6) is 0 Å². The van der Waals surface area contributed by atoms with Crippen molar-refractivity contribution in [2.45, 2.75) is 6.42 Å². The summed E-state index contributed by atoms with van der Waals surface area (Å²) in [6, 6.07) is 11.5. The molecule has 0 saturated heterocycles. The van der Waals surface area contributed by atoms with Crippen molar-refractivity contribution in [3.8, 4) is 0 Å². The summed E-state index contributed by atoms with van der Waals surface area (Å²) in [5.74, 6) is -0.832. The molecule has 0 aliphatic carbocycles. The van der Waals surface area contributed by atoms with Crippen LogP contribution in [0.2, 0.25) is 0 Å². The topological polar surface area (TPSA) is 63.3 Å². The van der Waals surface area contributed by atoms with Crippen molar-refractivity contribution in [1.82, 2.24) is 0 Å². The fourth-order valence-corrected chi connectivity index (χ4v) is 1.79. The molecular formula is C14H13NO2. The van der Waals surface area contributed by atoms with Crippen LogP contribution in [0.15, 0.2) is 42.5 Å². The molecule has 3 N–H and O–H groups in total. The number of benzene rings is 2. The van der Waals surface area contributed by atoms with Gasteiger partial charge in [0.25, 0.3) is 0 Å². The summed E-state index contributed by atoms with van der Waals surface area (Å²) >= 11 is 0. The summed E-state index contributed by atoms with van der Waals surface area (Å²) in [5.41, 5.74) is 7.60. The molecule has 17 heavy (non-hydrogen) atoms. The summed E-state index contributed by atoms with van der Waals surface area (Å²) in [7, 11) is 0. The quantitative estimate of drug-likeness (QED) is 0.792. The number of nitrogens with two attached hydrogens (primary N) is 1. The van der Waals surface area contributed by atoms with Gasteiger partial charge in [-0.15, -0.1) is 0 Å². The lowest BCUT2D eigenvalue weighted by Crippen LogP contribution is -1.90. The number of rotatable bonds is 3. The minimum Gasteiger partial charge on any atom is -0.481 e. The van der Waals surface area contributed by atoms with E-state index in [1.807, 2.05) is 42.5 Å². The van der Waals surface area contributed by atoms with Gasteiger partial charge < -0.3 is 10.8 Å². The zero-order valence-electron chi connectivity index (χ0n) is 9.26. The van der Waals surface area contributed by atoms with Crippen molar-refractivity contribution >= 4 is 28.5 Å². The molecule has 2 rings (SSSR count). The van der Waals surface area contributed by atoms with Gasteiger partial charge in [-0.2, -0.15) is 0 Å². The molecule has 2 aromatic carbocycles. The number of aliphatic carboxylic acids is 1. The van der Waals surface area contributed by atoms with E-state index in [0.29, 0.717) is 0 Å². The fourth-order valence-electron chi connectivity index (χ4n) is 1.79. The number of carboxylic acid groups (broad SMARTS) is 1. The van der Waals surface area contributed by atoms with Gasteiger partial charge in [0.2, 0.25) is 0 Å². The zero-order valence-corrected chi connectivity index (χ0v) is 9.26. The van der Waals surface area contributed by atoms with E-state index in [9.17, 15) is 4.79 Å². The van der Waals surface area contributed by atoms with Gasteiger partial charge in [0.05, 0.1) is 6.42 Å². The van der Waals surface area contributed by atoms with E-state index >= 15 is 0 Å². The Bertz CT molecular complexity index is 588. The third-order valence-electron chi connectivity index (χ3n) is 2.58. The third kappa shape index (κ3) is 2.45. The van der Waals surface area contributed by atoms with Gasteiger partial charge in [0.15, 0.2) is 0 Å². The molecular weight excluding hydrogens is 214 g/mol. The van der Waals surface area contributed by atoms with Gasteiger partial charge >= 0.3 is 5.97 Å². The second-order valence-electron chi connectivity index (χ2n) is 3.79. The second kappa shape index (κ2) is 4.70. The first-order valence-corrected chi connectivity index (χ1v) is 5.34. The molecule has 0 fully saturated rings. The van der Waals surface area contributed by atoms with Crippen LogP contribution in [0.3, 0.4) is 0 Å². The number of carboxylic acids is 1. The molecule has 0 atom stereocenters. The van der Waals surface area contributed by atoms with E-state index in [4.69, 9.17) is 10.8 Å². The highest BCUT2D eigenvalue weighted by Gasteiger charge is 2.00. The van der Waals surface area contributed by atoms with Crippen LogP contribution in [0.1, 0.15) is 12.0 Å². The molecule has 0 radical (unpaired) electrons. The van der Waals surface area contributed by atoms with Crippen molar-refractivity contribution in [3.63, 3.8) is 0 Å². The van der Waals surface area contributed by atoms with Crippen LogP contribution in [0, 0.1) is 0 Å². The smallest absolute Gasteiger partial charge is 0.307 e. The first-order valence-electron chi connectivity index (χ1n) is 5.34. The average molecular weight is 227 g/mol. The Morgan fingerprint density at radius 2 is 1.88 bits per heavy atom. The Morgan fingerprint density at radius 1 is 1.18 bits per heavy atom. The monoisotopic (exact) mass is 227 g/mol. The number of hydrogen-bond donors (Lipinski definition) is 2. The molecule has 0 aliphatic rings. The van der Waals surface area contributed by atoms with E-state index in [2.05, 4.69) is 0 Å². The molecule has 0 spiro atoms. The maximum absolute atomic E-state index is 10.4. The van der Waals surface area contributed by atoms with Crippen LogP contribution < -0.4 is 5.73 Å². The van der Waals surface area contributed by atoms with E-state index < -0.39 is 5.97 Å². The Morgan fingerprint density at radius 3 is 2.65 bits per heavy atom. The maximum Gasteiger partial charge on any atom is 0.307 e. The minimum absolute atomic E-state index is 0.0265. The van der Waals surface area contributed by atoms with Crippen LogP contribution >= 0.6 is 0 Å². The summed E-state index contributed by atoms with van der Waals surface area (Å²) in [6.07, 6.45) is 3.48. The van der Waals surface area contributed by atoms with Crippen molar-refractivity contribution < 1.29 is 9.90 Å². The highest BCUT2D eigenvalue weighted by molar-refractivity contribution is 5.98. The number of hydrogen-bond acceptors (Lipinski definition) is 2. The van der Waals surface area contributed by atoms with Crippen molar-refractivity contribution in [2.75, 3.05) is 5.73 Å². The molecule has 0 aliphatic heterocycles. The zero-order chi connectivity index (χ0) is 12.3. The molecule has 0 heterocycles. The average Bonchev–Trinajstić information content (AvgIpc) is 2.30. The Kier molecular flexibility index (Phi) is 3.10. The molecule has 0 unspecified atom stereocenters. The molecule has 0 amide bonds. The standard InChI is InChI=1S/C14H13NO2/c15-13-8-3-6-11-10(4-1-7-12(11)13)5-2-9-14(16)17/h1-8H,9,15H2,(H,16,17). The van der Waals surface area contributed by atoms with Gasteiger partial charge in [0.1, 0.15) is 0 Å². The van der Waals surface area contributed by atoms with Gasteiger partial charge in [0, 0.05) is 11.1 Å². The summed E-state index contributed by atoms with van der Waals surface area (Å²) in [6.45, 7) is 0. The molecule has 0 saturated carbocycles. The molecule has 0 aromatic heterocycles. The highest BCUT2D eigenvalue weighted by atomic mass is 16.4. The second-order valence-corrected chi connectivity index (χ2v) is 3.79. The Labute approximate surface area is 99.2 Å². The summed E-state index contributed by atoms with van der Waals surface area (Å²) in [5, 5.41) is 10.6. The van der Waals surface area contributed by atoms with E-state index in [-0.39, 0.29) is 6.42 Å². The Balaban J connectivity index is 2.44. The first-order chi connectivity index (χ1) is 8.18. The predicted octanol–water partition coefficient (Wildman–Crippen LogP) is 2.91. The molecule has 86 valence electrons. The lowest BCUT2D eigenvalue weighted by atomic mass is 10.0. The summed E-state index contributed by atoms with van der Waals surface area (Å²) < 4.78 is 0. The van der Waals surface area contributed by atoms with Crippen LogP contribution in [-0.4, -0.2) is 11.1 Å². The van der Waals surface area contributed by atoms with Crippen molar-refractivity contribution in [3.05, 3.63) is 48.0 Å².